The van der Waals surface area contributed by atoms with Gasteiger partial charge in [-0.2, -0.15) is 0 Å². The molecule has 0 saturated heterocycles. The number of nitrogens with one attached hydrogen (secondary N) is 1. The molecule has 3 aromatic carbocycles. The zero-order valence-corrected chi connectivity index (χ0v) is 20.8. The Hall–Kier alpha value is -4.37. The second-order valence-corrected chi connectivity index (χ2v) is 8.38. The first-order chi connectivity index (χ1) is 17.5. The van der Waals surface area contributed by atoms with Gasteiger partial charge in [-0.1, -0.05) is 54.6 Å². The Kier molecular flexibility index (Phi) is 7.82. The summed E-state index contributed by atoms with van der Waals surface area (Å²) in [7, 11) is 4.35. The molecule has 0 bridgehead atoms. The number of methoxy groups -OCH3 is 3. The van der Waals surface area contributed by atoms with Crippen LogP contribution in [0.15, 0.2) is 72.1 Å². The summed E-state index contributed by atoms with van der Waals surface area (Å²) in [5.74, 6) is -0.247. The molecule has 0 unspecified atom stereocenters. The van der Waals surface area contributed by atoms with Crippen LogP contribution >= 0.6 is 11.3 Å². The van der Waals surface area contributed by atoms with Crippen LogP contribution in [-0.4, -0.2) is 44.8 Å². The van der Waals surface area contributed by atoms with E-state index in [-0.39, 0.29) is 5.56 Å². The first-order valence-electron chi connectivity index (χ1n) is 10.9. The van der Waals surface area contributed by atoms with Crippen LogP contribution in [0, 0.1) is 0 Å². The second kappa shape index (κ2) is 11.4. The summed E-state index contributed by atoms with van der Waals surface area (Å²) < 4.78 is 20.9. The minimum absolute atomic E-state index is 0.160. The fraction of sp³-hybridized carbons (Fsp3) is 0.148. The minimum atomic E-state index is -0.706. The Balaban J connectivity index is 1.36. The number of hydrogen-bond donors (Lipinski definition) is 1. The zero-order valence-electron chi connectivity index (χ0n) is 19.9. The predicted molar refractivity (Wildman–Crippen MR) is 138 cm³/mol. The number of thiazole rings is 1. The molecule has 4 rings (SSSR count). The lowest BCUT2D eigenvalue weighted by Gasteiger charge is -2.13. The Morgan fingerprint density at radius 3 is 2.06 bits per heavy atom. The quantitative estimate of drug-likeness (QED) is 0.309. The molecule has 0 radical (unpaired) electrons. The number of benzene rings is 3. The van der Waals surface area contributed by atoms with Crippen molar-refractivity contribution >= 4 is 28.3 Å². The van der Waals surface area contributed by atoms with Gasteiger partial charge in [0.05, 0.1) is 32.6 Å². The van der Waals surface area contributed by atoms with E-state index in [1.807, 2.05) is 47.8 Å². The van der Waals surface area contributed by atoms with Crippen LogP contribution in [-0.2, 0) is 9.53 Å². The molecular weight excluding hydrogens is 480 g/mol. The largest absolute Gasteiger partial charge is 0.493 e. The summed E-state index contributed by atoms with van der Waals surface area (Å²) in [5.41, 5.74) is 4.07. The van der Waals surface area contributed by atoms with E-state index in [0.717, 1.165) is 22.4 Å². The lowest BCUT2D eigenvalue weighted by molar-refractivity contribution is -0.119. The van der Waals surface area contributed by atoms with Gasteiger partial charge < -0.3 is 18.9 Å². The van der Waals surface area contributed by atoms with Crippen molar-refractivity contribution in [1.82, 2.24) is 4.98 Å². The fourth-order valence-corrected chi connectivity index (χ4v) is 4.23. The van der Waals surface area contributed by atoms with Gasteiger partial charge in [0, 0.05) is 10.9 Å². The highest BCUT2D eigenvalue weighted by molar-refractivity contribution is 7.14. The van der Waals surface area contributed by atoms with Gasteiger partial charge >= 0.3 is 5.97 Å². The molecule has 0 atom stereocenters. The van der Waals surface area contributed by atoms with Crippen molar-refractivity contribution in [1.29, 1.82) is 0 Å². The molecule has 9 heteroatoms. The molecule has 184 valence electrons. The summed E-state index contributed by atoms with van der Waals surface area (Å²) in [4.78, 5) is 29.3. The molecule has 0 saturated carbocycles. The van der Waals surface area contributed by atoms with Crippen molar-refractivity contribution in [2.45, 2.75) is 0 Å². The molecule has 0 aliphatic rings. The number of aromatic nitrogens is 1. The third kappa shape index (κ3) is 5.64. The lowest BCUT2D eigenvalue weighted by Crippen LogP contribution is -2.21. The van der Waals surface area contributed by atoms with Crippen molar-refractivity contribution < 1.29 is 28.5 Å². The smallest absolute Gasteiger partial charge is 0.338 e. The summed E-state index contributed by atoms with van der Waals surface area (Å²) in [6.45, 7) is -0.476. The fourth-order valence-electron chi connectivity index (χ4n) is 3.50. The molecule has 1 N–H and O–H groups in total. The van der Waals surface area contributed by atoms with Crippen LogP contribution < -0.4 is 19.5 Å². The van der Waals surface area contributed by atoms with Crippen molar-refractivity contribution in [3.05, 3.63) is 77.7 Å². The molecule has 0 aliphatic carbocycles. The number of carbonyl (C=O) groups is 2. The van der Waals surface area contributed by atoms with Gasteiger partial charge in [0.2, 0.25) is 5.75 Å². The molecule has 1 amide bonds. The van der Waals surface area contributed by atoms with Gasteiger partial charge in [-0.05, 0) is 23.3 Å². The van der Waals surface area contributed by atoms with E-state index in [9.17, 15) is 9.59 Å². The van der Waals surface area contributed by atoms with Crippen LogP contribution in [0.4, 0.5) is 5.13 Å². The third-order valence-electron chi connectivity index (χ3n) is 5.27. The van der Waals surface area contributed by atoms with E-state index in [4.69, 9.17) is 18.9 Å². The average molecular weight is 505 g/mol. The number of anilines is 1. The molecule has 1 heterocycles. The SMILES string of the molecule is COc1cc(C(=O)OCC(=O)Nc2nc(-c3ccc(-c4ccccc4)cc3)cs2)cc(OC)c1OC. The molecule has 0 spiro atoms. The Morgan fingerprint density at radius 2 is 1.44 bits per heavy atom. The summed E-state index contributed by atoms with van der Waals surface area (Å²) in [6, 6.07) is 21.0. The first-order valence-corrected chi connectivity index (χ1v) is 11.8. The number of hydrogen-bond acceptors (Lipinski definition) is 8. The van der Waals surface area contributed by atoms with Gasteiger partial charge in [0.25, 0.3) is 5.91 Å². The zero-order chi connectivity index (χ0) is 25.5. The van der Waals surface area contributed by atoms with Crippen LogP contribution in [0.5, 0.6) is 17.2 Å². The maximum Gasteiger partial charge on any atom is 0.338 e. The van der Waals surface area contributed by atoms with E-state index in [1.54, 1.807) is 0 Å². The van der Waals surface area contributed by atoms with Crippen LogP contribution in [0.2, 0.25) is 0 Å². The van der Waals surface area contributed by atoms with Gasteiger partial charge in [0.1, 0.15) is 0 Å². The summed E-state index contributed by atoms with van der Waals surface area (Å²) >= 11 is 1.29. The third-order valence-corrected chi connectivity index (χ3v) is 6.03. The number of ether oxygens (including phenoxy) is 4. The highest BCUT2D eigenvalue weighted by Crippen LogP contribution is 2.38. The van der Waals surface area contributed by atoms with Crippen molar-refractivity contribution in [2.75, 3.05) is 33.3 Å². The number of amides is 1. The van der Waals surface area contributed by atoms with Gasteiger partial charge in [-0.15, -0.1) is 11.3 Å². The van der Waals surface area contributed by atoms with Crippen molar-refractivity contribution in [2.24, 2.45) is 0 Å². The molecule has 36 heavy (non-hydrogen) atoms. The highest BCUT2D eigenvalue weighted by Gasteiger charge is 2.19. The monoisotopic (exact) mass is 504 g/mol. The van der Waals surface area contributed by atoms with E-state index >= 15 is 0 Å². The molecule has 4 aromatic rings. The lowest BCUT2D eigenvalue weighted by atomic mass is 10.0. The van der Waals surface area contributed by atoms with Crippen LogP contribution in [0.1, 0.15) is 10.4 Å². The molecule has 0 fully saturated rings. The Morgan fingerprint density at radius 1 is 0.833 bits per heavy atom. The predicted octanol–water partition coefficient (Wildman–Crippen LogP) is 5.30. The maximum absolute atomic E-state index is 12.5. The van der Waals surface area contributed by atoms with Gasteiger partial charge in [-0.3, -0.25) is 10.1 Å². The number of esters is 1. The second-order valence-electron chi connectivity index (χ2n) is 7.52. The minimum Gasteiger partial charge on any atom is -0.493 e. The summed E-state index contributed by atoms with van der Waals surface area (Å²) in [5, 5.41) is 4.93. The van der Waals surface area contributed by atoms with E-state index in [1.165, 1.54) is 44.8 Å². The molecule has 8 nitrogen and oxygen atoms in total. The first kappa shape index (κ1) is 24.7. The van der Waals surface area contributed by atoms with Gasteiger partial charge in [0.15, 0.2) is 23.2 Å². The molecule has 0 aliphatic heterocycles. The van der Waals surface area contributed by atoms with Crippen LogP contribution in [0.25, 0.3) is 22.4 Å². The number of carbonyl (C=O) groups excluding carboxylic acids is 2. The Bertz CT molecular complexity index is 1330. The summed E-state index contributed by atoms with van der Waals surface area (Å²) in [6.07, 6.45) is 0. The number of nitrogens with zero attached hydrogens (tertiary/aromatic N) is 1. The topological polar surface area (TPSA) is 96.0 Å². The number of rotatable bonds is 9. The van der Waals surface area contributed by atoms with Gasteiger partial charge in [-0.25, -0.2) is 9.78 Å². The van der Waals surface area contributed by atoms with Crippen molar-refractivity contribution in [3.8, 4) is 39.6 Å². The van der Waals surface area contributed by atoms with E-state index < -0.39 is 18.5 Å². The van der Waals surface area contributed by atoms with Crippen LogP contribution in [0.3, 0.4) is 0 Å². The highest BCUT2D eigenvalue weighted by atomic mass is 32.1. The normalized spacial score (nSPS) is 10.4. The van der Waals surface area contributed by atoms with E-state index in [0.29, 0.717) is 22.4 Å². The van der Waals surface area contributed by atoms with Crippen molar-refractivity contribution in [3.63, 3.8) is 0 Å². The molecule has 1 aromatic heterocycles. The van der Waals surface area contributed by atoms with E-state index in [2.05, 4.69) is 22.4 Å². The average Bonchev–Trinajstić information content (AvgIpc) is 3.39. The standard InChI is InChI=1S/C27H24N2O6S/c1-32-22-13-20(14-23(33-2)25(22)34-3)26(31)35-15-24(30)29-27-28-21(16-36-27)19-11-9-18(10-12-19)17-7-5-4-6-8-17/h4-14,16H,15H2,1-3H3,(H,28,29,30). The maximum atomic E-state index is 12.5. The Labute approximate surface area is 212 Å². The molecular formula is C27H24N2O6S.